The summed E-state index contributed by atoms with van der Waals surface area (Å²) in [5.74, 6) is 0.373. The Balaban J connectivity index is 2.38. The van der Waals surface area contributed by atoms with E-state index in [0.717, 1.165) is 0 Å². The molecular weight excluding hydrogens is 284 g/mol. The zero-order chi connectivity index (χ0) is 15.9. The number of aromatic nitrogens is 3. The van der Waals surface area contributed by atoms with E-state index in [1.807, 2.05) is 19.9 Å². The molecule has 0 radical (unpaired) electrons. The molecule has 0 spiro atoms. The van der Waals surface area contributed by atoms with Gasteiger partial charge in [0.15, 0.2) is 11.4 Å². The zero-order valence-corrected chi connectivity index (χ0v) is 12.1. The Morgan fingerprint density at radius 3 is 2.91 bits per heavy atom. The zero-order valence-electron chi connectivity index (χ0n) is 12.1. The van der Waals surface area contributed by atoms with Gasteiger partial charge in [0.05, 0.1) is 24.8 Å². The van der Waals surface area contributed by atoms with Gasteiger partial charge in [0.2, 0.25) is 0 Å². The molecule has 0 aliphatic carbocycles. The summed E-state index contributed by atoms with van der Waals surface area (Å²) >= 11 is 0. The fourth-order valence-electron chi connectivity index (χ4n) is 2.43. The van der Waals surface area contributed by atoms with Crippen molar-refractivity contribution in [3.05, 3.63) is 45.6 Å². The summed E-state index contributed by atoms with van der Waals surface area (Å²) < 4.78 is 6.63. The molecule has 7 heteroatoms. The number of furan rings is 1. The normalized spacial score (nSPS) is 11.2. The van der Waals surface area contributed by atoms with Crippen LogP contribution in [0.1, 0.15) is 36.5 Å². The summed E-state index contributed by atoms with van der Waals surface area (Å²) in [7, 11) is 0. The van der Waals surface area contributed by atoms with Gasteiger partial charge < -0.3 is 14.5 Å². The third-order valence-corrected chi connectivity index (χ3v) is 3.49. The quantitative estimate of drug-likeness (QED) is 0.766. The third-order valence-electron chi connectivity index (χ3n) is 3.49. The molecule has 112 valence electrons. The monoisotopic (exact) mass is 298 g/mol. The number of rotatable bonds is 3. The van der Waals surface area contributed by atoms with Crippen LogP contribution in [0.2, 0.25) is 0 Å². The van der Waals surface area contributed by atoms with Gasteiger partial charge in [-0.15, -0.1) is 0 Å². The second-order valence-corrected chi connectivity index (χ2v) is 5.28. The molecule has 0 saturated heterocycles. The highest BCUT2D eigenvalue weighted by Crippen LogP contribution is 2.27. The van der Waals surface area contributed by atoms with E-state index < -0.39 is 0 Å². The van der Waals surface area contributed by atoms with Gasteiger partial charge >= 0.3 is 0 Å². The molecule has 0 amide bonds. The van der Waals surface area contributed by atoms with Gasteiger partial charge in [0.25, 0.3) is 5.56 Å². The minimum atomic E-state index is -0.290. The Bertz CT molecular complexity index is 940. The first-order chi connectivity index (χ1) is 10.6. The molecule has 3 rings (SSSR count). The fourth-order valence-corrected chi connectivity index (χ4v) is 2.43. The van der Waals surface area contributed by atoms with Crippen LogP contribution < -0.4 is 5.56 Å². The van der Waals surface area contributed by atoms with Crippen LogP contribution in [-0.2, 0) is 6.61 Å². The predicted octanol–water partition coefficient (Wildman–Crippen LogP) is 1.77. The number of fused-ring (bicyclic) bond motifs is 1. The lowest BCUT2D eigenvalue weighted by Crippen LogP contribution is -2.22. The molecule has 0 atom stereocenters. The molecule has 3 heterocycles. The van der Waals surface area contributed by atoms with E-state index in [9.17, 15) is 4.79 Å². The lowest BCUT2D eigenvalue weighted by Gasteiger charge is -2.11. The molecule has 0 aromatic carbocycles. The smallest absolute Gasteiger partial charge is 0.278 e. The molecule has 0 fully saturated rings. The molecule has 0 saturated carbocycles. The van der Waals surface area contributed by atoms with Gasteiger partial charge in [-0.3, -0.25) is 4.79 Å². The topological polar surface area (TPSA) is 107 Å². The van der Waals surface area contributed by atoms with Crippen LogP contribution in [-0.4, -0.2) is 19.7 Å². The Morgan fingerprint density at radius 1 is 1.55 bits per heavy atom. The molecule has 0 aliphatic rings. The number of aliphatic hydroxyl groups is 1. The molecule has 3 aromatic rings. The van der Waals surface area contributed by atoms with Crippen LogP contribution in [0.3, 0.4) is 0 Å². The van der Waals surface area contributed by atoms with E-state index in [0.29, 0.717) is 28.2 Å². The SMILES string of the molecule is CC(C)c1c(-c2cc(CO)co2)[nH]c2c(C#N)cnn2c1=O. The Hall–Kier alpha value is -2.85. The van der Waals surface area contributed by atoms with E-state index in [-0.39, 0.29) is 23.6 Å². The van der Waals surface area contributed by atoms with E-state index in [2.05, 4.69) is 10.1 Å². The maximum Gasteiger partial charge on any atom is 0.278 e. The molecule has 2 N–H and O–H groups in total. The molecular formula is C15H14N4O3. The molecule has 3 aromatic heterocycles. The number of hydrogen-bond acceptors (Lipinski definition) is 5. The lowest BCUT2D eigenvalue weighted by molar-refractivity contribution is 0.280. The van der Waals surface area contributed by atoms with Crippen LogP contribution in [0.15, 0.2) is 27.7 Å². The largest absolute Gasteiger partial charge is 0.462 e. The standard InChI is InChI=1S/C15H14N4O3/c1-8(2)12-13(11-3-9(6-20)7-22-11)18-14-10(4-16)5-17-19(14)15(12)21/h3,5,7-8,18,20H,6H2,1-2H3. The van der Waals surface area contributed by atoms with Crippen molar-refractivity contribution in [2.24, 2.45) is 0 Å². The van der Waals surface area contributed by atoms with E-state index in [4.69, 9.17) is 14.8 Å². The van der Waals surface area contributed by atoms with E-state index >= 15 is 0 Å². The molecule has 22 heavy (non-hydrogen) atoms. The molecule has 0 bridgehead atoms. The summed E-state index contributed by atoms with van der Waals surface area (Å²) in [4.78, 5) is 15.7. The first kappa shape index (κ1) is 14.1. The van der Waals surface area contributed by atoms with Crippen molar-refractivity contribution in [3.8, 4) is 17.5 Å². The number of aromatic amines is 1. The minimum Gasteiger partial charge on any atom is -0.462 e. The van der Waals surface area contributed by atoms with Gasteiger partial charge in [0.1, 0.15) is 11.6 Å². The minimum absolute atomic E-state index is 0.0689. The fraction of sp³-hybridized carbons (Fsp3) is 0.267. The average Bonchev–Trinajstić information content (AvgIpc) is 3.12. The summed E-state index contributed by atoms with van der Waals surface area (Å²) in [5.41, 5.74) is 1.95. The van der Waals surface area contributed by atoms with Gasteiger partial charge in [-0.25, -0.2) is 0 Å². The summed E-state index contributed by atoms with van der Waals surface area (Å²) in [6.07, 6.45) is 2.78. The summed E-state index contributed by atoms with van der Waals surface area (Å²) in [6.45, 7) is 3.64. The van der Waals surface area contributed by atoms with Crippen molar-refractivity contribution in [1.29, 1.82) is 5.26 Å². The Labute approximate surface area is 125 Å². The average molecular weight is 298 g/mol. The third kappa shape index (κ3) is 2.01. The van der Waals surface area contributed by atoms with Gasteiger partial charge in [-0.1, -0.05) is 13.8 Å². The maximum absolute atomic E-state index is 12.6. The second kappa shape index (κ2) is 5.16. The van der Waals surface area contributed by atoms with E-state index in [1.54, 1.807) is 6.07 Å². The highest BCUT2D eigenvalue weighted by atomic mass is 16.3. The molecule has 7 nitrogen and oxygen atoms in total. The number of hydrogen-bond donors (Lipinski definition) is 2. The lowest BCUT2D eigenvalue weighted by atomic mass is 10.0. The van der Waals surface area contributed by atoms with Crippen molar-refractivity contribution in [1.82, 2.24) is 14.6 Å². The first-order valence-corrected chi connectivity index (χ1v) is 6.79. The van der Waals surface area contributed by atoms with Crippen LogP contribution in [0.25, 0.3) is 17.1 Å². The highest BCUT2D eigenvalue weighted by molar-refractivity contribution is 5.65. The Morgan fingerprint density at radius 2 is 2.32 bits per heavy atom. The van der Waals surface area contributed by atoms with Gasteiger partial charge in [-0.2, -0.15) is 14.9 Å². The summed E-state index contributed by atoms with van der Waals surface area (Å²) in [5, 5.41) is 22.2. The van der Waals surface area contributed by atoms with Crippen LogP contribution in [0, 0.1) is 11.3 Å². The van der Waals surface area contributed by atoms with Crippen LogP contribution >= 0.6 is 0 Å². The van der Waals surface area contributed by atoms with Crippen molar-refractivity contribution >= 4 is 5.65 Å². The second-order valence-electron chi connectivity index (χ2n) is 5.28. The number of nitriles is 1. The van der Waals surface area contributed by atoms with Crippen molar-refractivity contribution in [2.75, 3.05) is 0 Å². The number of H-pyrrole nitrogens is 1. The maximum atomic E-state index is 12.6. The molecule has 0 unspecified atom stereocenters. The first-order valence-electron chi connectivity index (χ1n) is 6.79. The number of nitrogens with zero attached hydrogens (tertiary/aromatic N) is 3. The van der Waals surface area contributed by atoms with Crippen molar-refractivity contribution in [2.45, 2.75) is 26.4 Å². The van der Waals surface area contributed by atoms with Crippen molar-refractivity contribution in [3.63, 3.8) is 0 Å². The van der Waals surface area contributed by atoms with Gasteiger partial charge in [0, 0.05) is 11.1 Å². The van der Waals surface area contributed by atoms with Crippen LogP contribution in [0.5, 0.6) is 0 Å². The van der Waals surface area contributed by atoms with Gasteiger partial charge in [-0.05, 0) is 12.0 Å². The van der Waals surface area contributed by atoms with Crippen molar-refractivity contribution < 1.29 is 9.52 Å². The number of nitrogens with one attached hydrogen (secondary N) is 1. The predicted molar refractivity (Wildman–Crippen MR) is 78.2 cm³/mol. The number of aliphatic hydroxyl groups excluding tert-OH is 1. The summed E-state index contributed by atoms with van der Waals surface area (Å²) in [6, 6.07) is 3.66. The Kier molecular flexibility index (Phi) is 3.31. The highest BCUT2D eigenvalue weighted by Gasteiger charge is 2.21. The van der Waals surface area contributed by atoms with E-state index in [1.165, 1.54) is 17.0 Å². The molecule has 0 aliphatic heterocycles. The van der Waals surface area contributed by atoms with Crippen LogP contribution in [0.4, 0.5) is 0 Å².